The van der Waals surface area contributed by atoms with Crippen LogP contribution in [0, 0.1) is 11.6 Å². The largest absolute Gasteiger partial charge is 0.508 e. The Balaban J connectivity index is 1.33. The third-order valence-electron chi connectivity index (χ3n) is 10.1. The average molecular weight is 649 g/mol. The van der Waals surface area contributed by atoms with E-state index in [0.29, 0.717) is 16.8 Å². The molecule has 246 valence electrons. The number of anilines is 1. The number of aromatic hydroxyl groups is 1. The number of fused-ring (bicyclic) bond motifs is 8. The number of piperidine rings is 1. The number of nitrogens with zero attached hydrogens (tertiary/aromatic N) is 4. The van der Waals surface area contributed by atoms with Crippen LogP contribution >= 0.6 is 0 Å². The van der Waals surface area contributed by atoms with Crippen LogP contribution in [0.1, 0.15) is 51.0 Å². The zero-order valence-corrected chi connectivity index (χ0v) is 25.9. The van der Waals surface area contributed by atoms with Gasteiger partial charge in [0.15, 0.2) is 5.82 Å². The van der Waals surface area contributed by atoms with E-state index in [9.17, 15) is 9.90 Å². The zero-order valence-electron chi connectivity index (χ0n) is 25.9. The molecule has 3 saturated heterocycles. The maximum absolute atomic E-state index is 16.9. The molecule has 4 aromatic rings. The Hall–Kier alpha value is -4.39. The van der Waals surface area contributed by atoms with Gasteiger partial charge in [0.05, 0.1) is 29.6 Å². The molecule has 47 heavy (non-hydrogen) atoms. The Morgan fingerprint density at radius 2 is 2.02 bits per heavy atom. The second kappa shape index (κ2) is 11.1. The lowest BCUT2D eigenvalue weighted by molar-refractivity contribution is 0.120. The van der Waals surface area contributed by atoms with Crippen molar-refractivity contribution in [3.63, 3.8) is 0 Å². The maximum Gasteiger partial charge on any atom is 0.407 e. The van der Waals surface area contributed by atoms with Crippen LogP contribution < -0.4 is 20.3 Å². The number of carbonyl (C=O) groups excluding carboxylic acids is 1. The van der Waals surface area contributed by atoms with Crippen molar-refractivity contribution in [3.8, 4) is 23.0 Å². The van der Waals surface area contributed by atoms with Gasteiger partial charge in [0.25, 0.3) is 0 Å². The molecule has 0 unspecified atom stereocenters. The van der Waals surface area contributed by atoms with Crippen LogP contribution in [0.15, 0.2) is 30.5 Å². The number of pyridine rings is 1. The van der Waals surface area contributed by atoms with Gasteiger partial charge in [0, 0.05) is 30.8 Å². The molecule has 2 aromatic carbocycles. The predicted octanol–water partition coefficient (Wildman–Crippen LogP) is 5.47. The molecule has 0 spiro atoms. The van der Waals surface area contributed by atoms with Crippen molar-refractivity contribution in [1.29, 1.82) is 0 Å². The lowest BCUT2D eigenvalue weighted by Gasteiger charge is -2.42. The molecule has 8 bridgehead atoms. The molecule has 9 rings (SSSR count). The van der Waals surface area contributed by atoms with Gasteiger partial charge in [-0.15, -0.1) is 0 Å². The Morgan fingerprint density at radius 1 is 1.19 bits per heavy atom. The fraction of sp³-hybridized carbons (Fsp3) is 0.471. The van der Waals surface area contributed by atoms with Crippen molar-refractivity contribution in [2.75, 3.05) is 31.2 Å². The Labute approximate surface area is 268 Å². The molecular weight excluding hydrogens is 613 g/mol. The van der Waals surface area contributed by atoms with Crippen LogP contribution in [0.4, 0.5) is 23.8 Å². The highest BCUT2D eigenvalue weighted by Crippen LogP contribution is 2.41. The van der Waals surface area contributed by atoms with Crippen LogP contribution in [0.3, 0.4) is 0 Å². The first kappa shape index (κ1) is 30.0. The number of rotatable bonds is 3. The number of aryl methyl sites for hydroxylation is 1. The van der Waals surface area contributed by atoms with Crippen molar-refractivity contribution in [2.24, 2.45) is 0 Å². The summed E-state index contributed by atoms with van der Waals surface area (Å²) in [7, 11) is 0. The summed E-state index contributed by atoms with van der Waals surface area (Å²) in [5.41, 5.74) is -1.06. The van der Waals surface area contributed by atoms with E-state index in [-0.39, 0.29) is 96.4 Å². The van der Waals surface area contributed by atoms with Crippen molar-refractivity contribution in [2.45, 2.75) is 75.2 Å². The summed E-state index contributed by atoms with van der Waals surface area (Å²) in [6.45, 7) is 2.06. The fourth-order valence-electron chi connectivity index (χ4n) is 8.02. The number of hydrogen-bond acceptors (Lipinski definition) is 9. The quantitative estimate of drug-likeness (QED) is 0.266. The number of aromatic nitrogens is 3. The molecular formula is C34H35F3N6O4. The number of nitrogens with one attached hydrogen (secondary N) is 2. The number of alkyl carbamates (subject to hydrolysis) is 1. The number of halogens is 3. The molecule has 1 amide bonds. The first-order chi connectivity index (χ1) is 22.6. The van der Waals surface area contributed by atoms with Gasteiger partial charge in [-0.3, -0.25) is 4.98 Å². The summed E-state index contributed by atoms with van der Waals surface area (Å²) >= 11 is 0. The smallest absolute Gasteiger partial charge is 0.407 e. The van der Waals surface area contributed by atoms with Crippen LogP contribution in [0.25, 0.3) is 32.9 Å². The molecule has 0 saturated carbocycles. The van der Waals surface area contributed by atoms with E-state index in [1.54, 1.807) is 11.8 Å². The van der Waals surface area contributed by atoms with E-state index in [0.717, 1.165) is 25.7 Å². The Morgan fingerprint density at radius 3 is 2.81 bits per heavy atom. The van der Waals surface area contributed by atoms with Gasteiger partial charge in [0.1, 0.15) is 41.4 Å². The number of phenolic OH excluding ortho intramolecular Hbond substituents is 1. The van der Waals surface area contributed by atoms with Crippen molar-refractivity contribution in [1.82, 2.24) is 25.6 Å². The van der Waals surface area contributed by atoms with Gasteiger partial charge in [-0.05, 0) is 80.0 Å². The van der Waals surface area contributed by atoms with Crippen LogP contribution in [0.5, 0.6) is 11.8 Å². The number of ether oxygens (including phenoxy) is 2. The molecule has 0 aliphatic carbocycles. The predicted molar refractivity (Wildman–Crippen MR) is 168 cm³/mol. The van der Waals surface area contributed by atoms with Gasteiger partial charge in [0.2, 0.25) is 0 Å². The minimum absolute atomic E-state index is 0.0304. The monoisotopic (exact) mass is 648 g/mol. The van der Waals surface area contributed by atoms with E-state index in [1.165, 1.54) is 30.5 Å². The summed E-state index contributed by atoms with van der Waals surface area (Å²) in [5.74, 6) is -1.27. The van der Waals surface area contributed by atoms with Crippen LogP contribution in [-0.2, 0) is 11.2 Å². The van der Waals surface area contributed by atoms with Crippen LogP contribution in [-0.4, -0.2) is 75.7 Å². The molecule has 3 fully saturated rings. The number of carbonyl (C=O) groups is 1. The summed E-state index contributed by atoms with van der Waals surface area (Å²) in [6, 6.07) is 6.01. The first-order valence-corrected chi connectivity index (χ1v) is 16.1. The Bertz CT molecular complexity index is 1920. The minimum Gasteiger partial charge on any atom is -0.508 e. The lowest BCUT2D eigenvalue weighted by atomic mass is 9.89. The number of amides is 1. The third kappa shape index (κ3) is 5.34. The van der Waals surface area contributed by atoms with Gasteiger partial charge in [-0.25, -0.2) is 18.0 Å². The van der Waals surface area contributed by atoms with Gasteiger partial charge in [-0.2, -0.15) is 9.97 Å². The highest BCUT2D eigenvalue weighted by molar-refractivity contribution is 6.01. The highest BCUT2D eigenvalue weighted by Gasteiger charge is 2.45. The molecule has 5 aliphatic rings. The molecule has 13 heteroatoms. The standard InChI is InChI=1S/C34H35F3N6O4/c1-33-13-19(35)15-43(16-33)30-24-14-38-28(27(37)29(24)39-31(40-30)47-17-34-8-6-20(41-34)7-9-34)23-12-21(44)11-18-4-5-25(36)22(26(18)23)3-2-10-46-32(45)42-33/h4-5,11-12,14,19-20,41,44H,2-3,6-10,13,15-17H2,1H3,(H,42,45)/t19-,20?,33-,34?/m1/s1. The topological polar surface area (TPSA) is 122 Å². The SMILES string of the molecule is C[C@@]12C[C@@H](F)CN(C1)c1nc(OCC34CCC(CC3)N4)nc3c(F)c(ncc13)-c1cc(O)cc3ccc(F)c(c13)CCCOC(=O)N2. The Kier molecular flexibility index (Phi) is 7.08. The van der Waals surface area contributed by atoms with Crippen molar-refractivity contribution < 1.29 is 32.5 Å². The van der Waals surface area contributed by atoms with E-state index < -0.39 is 29.4 Å². The highest BCUT2D eigenvalue weighted by atomic mass is 19.1. The molecule has 2 aromatic heterocycles. The molecule has 2 atom stereocenters. The van der Waals surface area contributed by atoms with E-state index >= 15 is 13.2 Å². The summed E-state index contributed by atoms with van der Waals surface area (Å²) < 4.78 is 59.4. The fourth-order valence-corrected chi connectivity index (χ4v) is 8.02. The molecule has 3 N–H and O–H groups in total. The summed E-state index contributed by atoms with van der Waals surface area (Å²) in [6.07, 6.45) is 3.79. The van der Waals surface area contributed by atoms with Gasteiger partial charge in [-0.1, -0.05) is 6.07 Å². The van der Waals surface area contributed by atoms with Crippen molar-refractivity contribution >= 4 is 33.6 Å². The maximum atomic E-state index is 16.9. The normalized spacial score (nSPS) is 27.3. The number of phenols is 1. The van der Waals surface area contributed by atoms with E-state index in [4.69, 9.17) is 9.47 Å². The summed E-state index contributed by atoms with van der Waals surface area (Å²) in [5, 5.41) is 18.2. The molecule has 5 aliphatic heterocycles. The van der Waals surface area contributed by atoms with Crippen LogP contribution in [0.2, 0.25) is 0 Å². The van der Waals surface area contributed by atoms with E-state index in [1.807, 2.05) is 0 Å². The number of hydrogen-bond donors (Lipinski definition) is 3. The second-order valence-electron chi connectivity index (χ2n) is 13.7. The van der Waals surface area contributed by atoms with Gasteiger partial charge >= 0.3 is 12.1 Å². The molecule has 10 nitrogen and oxygen atoms in total. The van der Waals surface area contributed by atoms with E-state index in [2.05, 4.69) is 25.6 Å². The second-order valence-corrected chi connectivity index (χ2v) is 13.7. The first-order valence-electron chi connectivity index (χ1n) is 16.1. The van der Waals surface area contributed by atoms with Crippen molar-refractivity contribution in [3.05, 3.63) is 47.7 Å². The third-order valence-corrected chi connectivity index (χ3v) is 10.1. The minimum atomic E-state index is -1.35. The number of alkyl halides is 1. The average Bonchev–Trinajstić information content (AvgIpc) is 3.63. The molecule has 0 radical (unpaired) electrons. The zero-order chi connectivity index (χ0) is 32.5. The lowest BCUT2D eigenvalue weighted by Crippen LogP contribution is -2.60. The molecule has 7 heterocycles. The summed E-state index contributed by atoms with van der Waals surface area (Å²) in [4.78, 5) is 28.3. The number of benzene rings is 2. The van der Waals surface area contributed by atoms with Gasteiger partial charge < -0.3 is 30.1 Å².